The van der Waals surface area contributed by atoms with Gasteiger partial charge in [0.15, 0.2) is 11.9 Å². The number of rotatable bonds is 4. The minimum Gasteiger partial charge on any atom is -0.394 e. The molecule has 0 heterocycles. The van der Waals surface area contributed by atoms with Crippen LogP contribution in [0.3, 0.4) is 0 Å². The summed E-state index contributed by atoms with van der Waals surface area (Å²) in [5, 5.41) is 22.8. The van der Waals surface area contributed by atoms with Gasteiger partial charge in [0.05, 0.1) is 19.3 Å². The Morgan fingerprint density at radius 2 is 1.78 bits per heavy atom. The van der Waals surface area contributed by atoms with Crippen LogP contribution in [-0.2, 0) is 0 Å². The summed E-state index contributed by atoms with van der Waals surface area (Å²) in [5.41, 5.74) is 9.97. The molecule has 0 rings (SSSR count). The lowest BCUT2D eigenvalue weighted by Gasteiger charge is -2.12. The first-order chi connectivity index (χ1) is 8.40. The van der Waals surface area contributed by atoms with Crippen LogP contribution in [0.1, 0.15) is 13.8 Å². The Balaban J connectivity index is 0. The number of nitrogens with one attached hydrogen (secondary N) is 2. The molecule has 0 aromatic heterocycles. The van der Waals surface area contributed by atoms with E-state index in [4.69, 9.17) is 21.7 Å². The summed E-state index contributed by atoms with van der Waals surface area (Å²) < 4.78 is 0. The van der Waals surface area contributed by atoms with Crippen LogP contribution >= 0.6 is 0 Å². The SMILES string of the molecule is CN=C(NC)N[C@H](C)CO.C[C@H](CO)N=C(N)N. The second-order valence-corrected chi connectivity index (χ2v) is 3.64. The number of hydrogen-bond acceptors (Lipinski definition) is 4. The van der Waals surface area contributed by atoms with Gasteiger partial charge in [-0.2, -0.15) is 0 Å². The normalized spacial score (nSPS) is 13.8. The number of aliphatic imine (C=N–C) groups is 2. The van der Waals surface area contributed by atoms with E-state index in [1.165, 1.54) is 0 Å². The quantitative estimate of drug-likeness (QED) is 0.251. The van der Waals surface area contributed by atoms with E-state index in [0.717, 1.165) is 0 Å². The first-order valence-corrected chi connectivity index (χ1v) is 5.62. The monoisotopic (exact) mass is 262 g/mol. The molecule has 8 heteroatoms. The fourth-order valence-corrected chi connectivity index (χ4v) is 0.823. The van der Waals surface area contributed by atoms with E-state index in [-0.39, 0.29) is 31.3 Å². The van der Waals surface area contributed by atoms with Crippen LogP contribution in [0.15, 0.2) is 9.98 Å². The topological polar surface area (TPSA) is 141 Å². The minimum atomic E-state index is -0.181. The Labute approximate surface area is 108 Å². The Morgan fingerprint density at radius 3 is 2.00 bits per heavy atom. The van der Waals surface area contributed by atoms with Crippen molar-refractivity contribution >= 4 is 11.9 Å². The standard InChI is InChI=1S/C6H15N3O.C4H11N3O/c1-5(4-10)9-6(7-2)8-3;1-3(2-8)7-4(5)6/h5,10H,4H2,1-3H3,(H2,7,8,9);3,8H,2H2,1H3,(H4,5,6,7)/t5-;3-/m11/s1. The summed E-state index contributed by atoms with van der Waals surface area (Å²) in [4.78, 5) is 7.50. The van der Waals surface area contributed by atoms with E-state index < -0.39 is 0 Å². The molecule has 0 amide bonds. The second-order valence-electron chi connectivity index (χ2n) is 3.64. The Bertz CT molecular complexity index is 253. The molecule has 0 saturated heterocycles. The Kier molecular flexibility index (Phi) is 12.5. The molecule has 0 unspecified atom stereocenters. The molecule has 0 bridgehead atoms. The highest BCUT2D eigenvalue weighted by Gasteiger charge is 1.99. The molecule has 0 aliphatic carbocycles. The van der Waals surface area contributed by atoms with Gasteiger partial charge in [0.2, 0.25) is 0 Å². The smallest absolute Gasteiger partial charge is 0.191 e. The predicted octanol–water partition coefficient (Wildman–Crippen LogP) is -2.20. The van der Waals surface area contributed by atoms with E-state index >= 15 is 0 Å². The zero-order valence-corrected chi connectivity index (χ0v) is 11.5. The van der Waals surface area contributed by atoms with Gasteiger partial charge in [-0.1, -0.05) is 0 Å². The fraction of sp³-hybridized carbons (Fsp3) is 0.800. The van der Waals surface area contributed by atoms with E-state index in [1.54, 1.807) is 21.0 Å². The third kappa shape index (κ3) is 12.5. The van der Waals surface area contributed by atoms with Gasteiger partial charge in [-0.15, -0.1) is 0 Å². The molecule has 2 atom stereocenters. The number of nitrogens with zero attached hydrogens (tertiary/aromatic N) is 2. The summed E-state index contributed by atoms with van der Waals surface area (Å²) in [7, 11) is 3.46. The van der Waals surface area contributed by atoms with Crippen molar-refractivity contribution in [2.45, 2.75) is 25.9 Å². The van der Waals surface area contributed by atoms with Crippen molar-refractivity contribution in [3.8, 4) is 0 Å². The van der Waals surface area contributed by atoms with E-state index in [1.807, 2.05) is 6.92 Å². The summed E-state index contributed by atoms with van der Waals surface area (Å²) in [6.07, 6.45) is 0. The number of hydrogen-bond donors (Lipinski definition) is 6. The summed E-state index contributed by atoms with van der Waals surface area (Å²) in [6, 6.07) is -0.133. The maximum Gasteiger partial charge on any atom is 0.191 e. The first-order valence-electron chi connectivity index (χ1n) is 5.62. The molecule has 0 aromatic rings. The third-order valence-corrected chi connectivity index (χ3v) is 1.75. The molecule has 108 valence electrons. The van der Waals surface area contributed by atoms with Gasteiger partial charge in [-0.05, 0) is 13.8 Å². The molecule has 0 fully saturated rings. The first kappa shape index (κ1) is 18.8. The van der Waals surface area contributed by atoms with Crippen LogP contribution in [0.2, 0.25) is 0 Å². The predicted molar refractivity (Wildman–Crippen MR) is 74.5 cm³/mol. The Hall–Kier alpha value is -1.54. The van der Waals surface area contributed by atoms with Crippen molar-refractivity contribution in [2.75, 3.05) is 27.3 Å². The van der Waals surface area contributed by atoms with Crippen LogP contribution < -0.4 is 22.1 Å². The highest BCUT2D eigenvalue weighted by Crippen LogP contribution is 1.82. The molecule has 0 saturated carbocycles. The van der Waals surface area contributed by atoms with Crippen LogP contribution in [-0.4, -0.2) is 61.5 Å². The maximum absolute atomic E-state index is 8.63. The summed E-state index contributed by atoms with van der Waals surface area (Å²) >= 11 is 0. The zero-order chi connectivity index (χ0) is 14.6. The van der Waals surface area contributed by atoms with Gasteiger partial charge < -0.3 is 32.3 Å². The molecule has 0 radical (unpaired) electrons. The zero-order valence-electron chi connectivity index (χ0n) is 11.5. The highest BCUT2D eigenvalue weighted by molar-refractivity contribution is 5.79. The summed E-state index contributed by atoms with van der Waals surface area (Å²) in [5.74, 6) is 0.716. The van der Waals surface area contributed by atoms with Crippen molar-refractivity contribution in [1.29, 1.82) is 0 Å². The van der Waals surface area contributed by atoms with E-state index in [2.05, 4.69) is 20.6 Å². The lowest BCUT2D eigenvalue weighted by atomic mass is 10.4. The molecule has 8 N–H and O–H groups in total. The molecule has 0 aliphatic rings. The van der Waals surface area contributed by atoms with E-state index in [9.17, 15) is 0 Å². The number of guanidine groups is 2. The van der Waals surface area contributed by atoms with E-state index in [0.29, 0.717) is 5.96 Å². The molecule has 0 spiro atoms. The molecule has 18 heavy (non-hydrogen) atoms. The molecule has 0 aromatic carbocycles. The largest absolute Gasteiger partial charge is 0.394 e. The summed E-state index contributed by atoms with van der Waals surface area (Å²) in [6.45, 7) is 3.70. The lowest BCUT2D eigenvalue weighted by Crippen LogP contribution is -2.41. The second kappa shape index (κ2) is 11.9. The van der Waals surface area contributed by atoms with Crippen molar-refractivity contribution in [1.82, 2.24) is 10.6 Å². The van der Waals surface area contributed by atoms with Crippen LogP contribution in [0.5, 0.6) is 0 Å². The van der Waals surface area contributed by atoms with Crippen molar-refractivity contribution in [2.24, 2.45) is 21.5 Å². The third-order valence-electron chi connectivity index (χ3n) is 1.75. The molecule has 8 nitrogen and oxygen atoms in total. The lowest BCUT2D eigenvalue weighted by molar-refractivity contribution is 0.263. The van der Waals surface area contributed by atoms with Crippen LogP contribution in [0.4, 0.5) is 0 Å². The molecular weight excluding hydrogens is 236 g/mol. The van der Waals surface area contributed by atoms with Gasteiger partial charge in [0, 0.05) is 20.1 Å². The van der Waals surface area contributed by atoms with Gasteiger partial charge >= 0.3 is 0 Å². The van der Waals surface area contributed by atoms with Crippen molar-refractivity contribution < 1.29 is 10.2 Å². The molecule has 0 aliphatic heterocycles. The number of nitrogens with two attached hydrogens (primary N) is 2. The number of aliphatic hydroxyl groups is 2. The molecular formula is C10H26N6O2. The van der Waals surface area contributed by atoms with Gasteiger partial charge in [-0.25, -0.2) is 4.99 Å². The van der Waals surface area contributed by atoms with Gasteiger partial charge in [0.25, 0.3) is 0 Å². The minimum absolute atomic E-state index is 0.0160. The van der Waals surface area contributed by atoms with Crippen molar-refractivity contribution in [3.05, 3.63) is 0 Å². The maximum atomic E-state index is 8.63. The van der Waals surface area contributed by atoms with Crippen molar-refractivity contribution in [3.63, 3.8) is 0 Å². The number of aliphatic hydroxyl groups excluding tert-OH is 2. The van der Waals surface area contributed by atoms with Gasteiger partial charge in [-0.3, -0.25) is 4.99 Å². The van der Waals surface area contributed by atoms with Crippen LogP contribution in [0, 0.1) is 0 Å². The average molecular weight is 262 g/mol. The Morgan fingerprint density at radius 1 is 1.22 bits per heavy atom. The average Bonchev–Trinajstić information content (AvgIpc) is 2.35. The fourth-order valence-electron chi connectivity index (χ4n) is 0.823. The van der Waals surface area contributed by atoms with Crippen LogP contribution in [0.25, 0.3) is 0 Å². The van der Waals surface area contributed by atoms with Gasteiger partial charge in [0.1, 0.15) is 0 Å². The highest BCUT2D eigenvalue weighted by atomic mass is 16.3.